The van der Waals surface area contributed by atoms with E-state index in [1.54, 1.807) is 29.2 Å². The Bertz CT molecular complexity index is 639. The van der Waals surface area contributed by atoms with Crippen LogP contribution in [0.2, 0.25) is 0 Å². The van der Waals surface area contributed by atoms with Crippen molar-refractivity contribution in [2.45, 2.75) is 31.7 Å². The number of likely N-dealkylation sites (tertiary alicyclic amines) is 1. The fraction of sp³-hybridized carbons (Fsp3) is 0.500. The first-order valence-electron chi connectivity index (χ1n) is 8.74. The van der Waals surface area contributed by atoms with E-state index in [0.29, 0.717) is 24.1 Å². The summed E-state index contributed by atoms with van der Waals surface area (Å²) in [7, 11) is 0. The van der Waals surface area contributed by atoms with Crippen LogP contribution in [-0.4, -0.2) is 65.0 Å². The molecule has 2 aliphatic rings. The number of aliphatic hydroxyl groups excluding tert-OH is 1. The summed E-state index contributed by atoms with van der Waals surface area (Å²) in [6.45, 7) is 1.09. The van der Waals surface area contributed by atoms with Gasteiger partial charge in [0.15, 0.2) is 0 Å². The van der Waals surface area contributed by atoms with Crippen molar-refractivity contribution in [3.05, 3.63) is 35.4 Å². The molecule has 1 fully saturated rings. The van der Waals surface area contributed by atoms with Crippen LogP contribution in [0.15, 0.2) is 24.3 Å². The van der Waals surface area contributed by atoms with Gasteiger partial charge in [-0.3, -0.25) is 14.5 Å². The molecule has 2 heterocycles. The highest BCUT2D eigenvalue weighted by Gasteiger charge is 2.35. The summed E-state index contributed by atoms with van der Waals surface area (Å²) in [6.07, 6.45) is 3.48. The molecule has 2 aliphatic heterocycles. The number of urea groups is 1. The summed E-state index contributed by atoms with van der Waals surface area (Å²) in [5, 5.41) is 11.9. The molecule has 4 amide bonds. The standard InChI is InChI=1S/C18H23N3O4/c22-12-8-13-5-3-4-10-20(13)18(25)19-9-11-21-16(23)14-6-1-2-7-15(14)17(21)24/h1-2,6-7,13,22H,3-5,8-12H2,(H,19,25). The first kappa shape index (κ1) is 17.4. The van der Waals surface area contributed by atoms with Gasteiger partial charge in [-0.15, -0.1) is 0 Å². The fourth-order valence-electron chi connectivity index (χ4n) is 3.54. The Morgan fingerprint density at radius 1 is 1.16 bits per heavy atom. The molecule has 3 rings (SSSR count). The average molecular weight is 345 g/mol. The molecule has 0 aliphatic carbocycles. The van der Waals surface area contributed by atoms with E-state index in [4.69, 9.17) is 5.11 Å². The van der Waals surface area contributed by atoms with Crippen molar-refractivity contribution in [3.63, 3.8) is 0 Å². The fourth-order valence-corrected chi connectivity index (χ4v) is 3.54. The van der Waals surface area contributed by atoms with Crippen molar-refractivity contribution in [1.82, 2.24) is 15.1 Å². The molecular formula is C18H23N3O4. The minimum atomic E-state index is -0.314. The van der Waals surface area contributed by atoms with Crippen LogP contribution in [0.3, 0.4) is 0 Å². The van der Waals surface area contributed by atoms with Crippen LogP contribution in [0.4, 0.5) is 4.79 Å². The van der Waals surface area contributed by atoms with Gasteiger partial charge in [0, 0.05) is 32.3 Å². The summed E-state index contributed by atoms with van der Waals surface area (Å²) in [4.78, 5) is 39.9. The van der Waals surface area contributed by atoms with Crippen LogP contribution >= 0.6 is 0 Å². The zero-order chi connectivity index (χ0) is 17.8. The van der Waals surface area contributed by atoms with Crippen molar-refractivity contribution in [1.29, 1.82) is 0 Å². The van der Waals surface area contributed by atoms with Crippen LogP contribution in [0.25, 0.3) is 0 Å². The summed E-state index contributed by atoms with van der Waals surface area (Å²) in [5.41, 5.74) is 0.829. The van der Waals surface area contributed by atoms with Gasteiger partial charge in [-0.1, -0.05) is 12.1 Å². The molecule has 0 saturated carbocycles. The number of rotatable bonds is 5. The summed E-state index contributed by atoms with van der Waals surface area (Å²) >= 11 is 0. The second-order valence-corrected chi connectivity index (χ2v) is 6.39. The third-order valence-electron chi connectivity index (χ3n) is 4.84. The SMILES string of the molecule is O=C1c2ccccc2C(=O)N1CCNC(=O)N1CCCCC1CCO. The molecule has 25 heavy (non-hydrogen) atoms. The van der Waals surface area contributed by atoms with Gasteiger partial charge in [0.1, 0.15) is 0 Å². The van der Waals surface area contributed by atoms with E-state index in [-0.39, 0.29) is 43.6 Å². The van der Waals surface area contributed by atoms with Gasteiger partial charge in [0.25, 0.3) is 11.8 Å². The predicted molar refractivity (Wildman–Crippen MR) is 91.3 cm³/mol. The molecule has 1 unspecified atom stereocenters. The normalized spacial score (nSPS) is 20.0. The van der Waals surface area contributed by atoms with E-state index < -0.39 is 0 Å². The lowest BCUT2D eigenvalue weighted by atomic mass is 10.0. The number of amides is 4. The molecule has 1 aromatic rings. The molecule has 1 aromatic carbocycles. The van der Waals surface area contributed by atoms with Crippen LogP contribution in [0.5, 0.6) is 0 Å². The Balaban J connectivity index is 1.54. The Hall–Kier alpha value is -2.41. The first-order valence-corrected chi connectivity index (χ1v) is 8.74. The lowest BCUT2D eigenvalue weighted by molar-refractivity contribution is 0.0653. The van der Waals surface area contributed by atoms with E-state index >= 15 is 0 Å². The third-order valence-corrected chi connectivity index (χ3v) is 4.84. The second kappa shape index (κ2) is 7.65. The number of carbonyl (C=O) groups excluding carboxylic acids is 3. The first-order chi connectivity index (χ1) is 12.1. The number of piperidine rings is 1. The third kappa shape index (κ3) is 3.51. The number of nitrogens with zero attached hydrogens (tertiary/aromatic N) is 2. The molecule has 0 aromatic heterocycles. The van der Waals surface area contributed by atoms with E-state index in [1.807, 2.05) is 0 Å². The van der Waals surface area contributed by atoms with E-state index in [9.17, 15) is 14.4 Å². The van der Waals surface area contributed by atoms with Crippen LogP contribution in [-0.2, 0) is 0 Å². The van der Waals surface area contributed by atoms with Crippen molar-refractivity contribution in [3.8, 4) is 0 Å². The molecule has 7 nitrogen and oxygen atoms in total. The van der Waals surface area contributed by atoms with Crippen molar-refractivity contribution < 1.29 is 19.5 Å². The van der Waals surface area contributed by atoms with Crippen LogP contribution in [0.1, 0.15) is 46.4 Å². The van der Waals surface area contributed by atoms with E-state index in [1.165, 1.54) is 4.90 Å². The Morgan fingerprint density at radius 2 is 1.84 bits per heavy atom. The number of fused-ring (bicyclic) bond motifs is 1. The highest BCUT2D eigenvalue weighted by atomic mass is 16.3. The highest BCUT2D eigenvalue weighted by molar-refractivity contribution is 6.21. The maximum absolute atomic E-state index is 12.4. The predicted octanol–water partition coefficient (Wildman–Crippen LogP) is 1.23. The number of aliphatic hydroxyl groups is 1. The molecule has 2 N–H and O–H groups in total. The lowest BCUT2D eigenvalue weighted by Crippen LogP contribution is -2.50. The summed E-state index contributed by atoms with van der Waals surface area (Å²) in [6, 6.07) is 6.59. The van der Waals surface area contributed by atoms with Crippen LogP contribution < -0.4 is 5.32 Å². The molecule has 0 radical (unpaired) electrons. The van der Waals surface area contributed by atoms with Gasteiger partial charge in [0.05, 0.1) is 11.1 Å². The van der Waals surface area contributed by atoms with Crippen molar-refractivity contribution >= 4 is 17.8 Å². The van der Waals surface area contributed by atoms with Gasteiger partial charge >= 0.3 is 6.03 Å². The lowest BCUT2D eigenvalue weighted by Gasteiger charge is -2.35. The van der Waals surface area contributed by atoms with Crippen molar-refractivity contribution in [2.24, 2.45) is 0 Å². The van der Waals surface area contributed by atoms with Gasteiger partial charge in [-0.2, -0.15) is 0 Å². The molecule has 1 saturated heterocycles. The minimum absolute atomic E-state index is 0.0538. The highest BCUT2D eigenvalue weighted by Crippen LogP contribution is 2.22. The largest absolute Gasteiger partial charge is 0.396 e. The monoisotopic (exact) mass is 345 g/mol. The summed E-state index contributed by atoms with van der Waals surface area (Å²) in [5.74, 6) is -0.628. The Kier molecular flexibility index (Phi) is 5.33. The molecule has 134 valence electrons. The van der Waals surface area contributed by atoms with E-state index in [2.05, 4.69) is 5.32 Å². The number of nitrogens with one attached hydrogen (secondary N) is 1. The number of carbonyl (C=O) groups is 3. The number of imide groups is 1. The molecule has 0 bridgehead atoms. The molecule has 1 atom stereocenters. The van der Waals surface area contributed by atoms with Crippen LogP contribution in [0, 0.1) is 0 Å². The van der Waals surface area contributed by atoms with E-state index in [0.717, 1.165) is 19.3 Å². The number of benzene rings is 1. The molecule has 0 spiro atoms. The smallest absolute Gasteiger partial charge is 0.317 e. The topological polar surface area (TPSA) is 90.0 Å². The number of hydrogen-bond acceptors (Lipinski definition) is 4. The van der Waals surface area contributed by atoms with Gasteiger partial charge in [-0.05, 0) is 37.8 Å². The number of hydrogen-bond donors (Lipinski definition) is 2. The minimum Gasteiger partial charge on any atom is -0.396 e. The van der Waals surface area contributed by atoms with Crippen molar-refractivity contribution in [2.75, 3.05) is 26.2 Å². The van der Waals surface area contributed by atoms with Gasteiger partial charge < -0.3 is 15.3 Å². The summed E-state index contributed by atoms with van der Waals surface area (Å²) < 4.78 is 0. The zero-order valence-corrected chi connectivity index (χ0v) is 14.1. The van der Waals surface area contributed by atoms with Gasteiger partial charge in [0.2, 0.25) is 0 Å². The van der Waals surface area contributed by atoms with Gasteiger partial charge in [-0.25, -0.2) is 4.79 Å². The average Bonchev–Trinajstić information content (AvgIpc) is 2.87. The maximum atomic E-state index is 12.4. The molecular weight excluding hydrogens is 322 g/mol. The zero-order valence-electron chi connectivity index (χ0n) is 14.1. The molecule has 7 heteroatoms. The Morgan fingerprint density at radius 3 is 2.48 bits per heavy atom. The quantitative estimate of drug-likeness (QED) is 0.786. The Labute approximate surface area is 146 Å². The second-order valence-electron chi connectivity index (χ2n) is 6.39. The maximum Gasteiger partial charge on any atom is 0.317 e.